The maximum atomic E-state index is 9.09. The fourth-order valence-corrected chi connectivity index (χ4v) is 8.71. The van der Waals surface area contributed by atoms with Crippen LogP contribution >= 0.6 is 0 Å². The van der Waals surface area contributed by atoms with E-state index in [2.05, 4.69) is 113 Å². The van der Waals surface area contributed by atoms with E-state index in [0.29, 0.717) is 28.2 Å². The van der Waals surface area contributed by atoms with E-state index < -0.39 is 60.4 Å². The predicted octanol–water partition coefficient (Wildman–Crippen LogP) is 15.2. The SMILES string of the molecule is [2H]c1c([2H])c([2H])c(-c2cccc(-c3c([2H])c([2H])c([2H])c([2H])c3[2H])c2-[n+]2[c-]n(-c3[c-]c(Oc4[c-]c5c(cc4-c4ccc(C(C)(C)C)cc4)c4ccccc4n5-c4cc(C(C)(C)C)ccn4)ccc3)c3ccccc32)c([2H])c1[2H].[Pt]. The second-order valence-electron chi connectivity index (χ2n) is 18.6. The van der Waals surface area contributed by atoms with Gasteiger partial charge in [0, 0.05) is 44.3 Å². The average Bonchev–Trinajstić information content (AvgIpc) is 4.10. The summed E-state index contributed by atoms with van der Waals surface area (Å²) in [5.41, 5.74) is 7.32. The number of fused-ring (bicyclic) bond motifs is 4. The number of para-hydroxylation sites is 4. The predicted molar refractivity (Wildman–Crippen MR) is 274 cm³/mol. The quantitative estimate of drug-likeness (QED) is 0.112. The Morgan fingerprint density at radius 3 is 1.88 bits per heavy atom. The van der Waals surface area contributed by atoms with Crippen LogP contribution in [0.4, 0.5) is 0 Å². The first-order chi connectivity index (χ1) is 36.6. The minimum absolute atomic E-state index is 0. The standard InChI is InChI=1S/C62H50N4O.Pt/c1-61(2,3)45-33-31-44(32-34-45)52-39-53-51-25-13-14-28-54(51)66(59-37-46(35-36-63-59)62(4,5)6)57(53)40-58(52)67-48-24-17-23-47(38-48)64-41-65(56-30-16-15-29-55(56)64)60-49(42-19-9-7-10-20-42)26-18-27-50(60)43-21-11-8-12-22-43;/h7-37,39H,1-6H3;/q-2;/i7D,8D,9D,10D,11D,12D,19D,20D,21D,22D;. The second-order valence-corrected chi connectivity index (χ2v) is 18.6. The third-order valence-corrected chi connectivity index (χ3v) is 12.1. The number of hydrogen-bond donors (Lipinski definition) is 0. The Hall–Kier alpha value is -7.33. The van der Waals surface area contributed by atoms with Gasteiger partial charge in [-0.3, -0.25) is 4.57 Å². The zero-order valence-electron chi connectivity index (χ0n) is 48.2. The first-order valence-electron chi connectivity index (χ1n) is 27.1. The Labute approximate surface area is 427 Å². The van der Waals surface area contributed by atoms with Crippen LogP contribution in [0.25, 0.3) is 83.4 Å². The van der Waals surface area contributed by atoms with Crippen molar-refractivity contribution in [1.82, 2.24) is 14.1 Å². The molecule has 0 atom stereocenters. The molecule has 336 valence electrons. The maximum Gasteiger partial charge on any atom is 0.268 e. The van der Waals surface area contributed by atoms with Crippen LogP contribution in [-0.4, -0.2) is 14.1 Å². The van der Waals surface area contributed by atoms with Crippen LogP contribution in [0.3, 0.4) is 0 Å². The van der Waals surface area contributed by atoms with Crippen molar-refractivity contribution < 1.29 is 44.1 Å². The molecule has 11 rings (SSSR count). The number of hydrogen-bond acceptors (Lipinski definition) is 2. The third kappa shape index (κ3) is 8.16. The summed E-state index contributed by atoms with van der Waals surface area (Å²) in [4.78, 5) is 4.90. The van der Waals surface area contributed by atoms with E-state index in [0.717, 1.165) is 44.3 Å². The van der Waals surface area contributed by atoms with Crippen LogP contribution < -0.4 is 9.30 Å². The molecule has 68 heavy (non-hydrogen) atoms. The molecule has 0 aliphatic carbocycles. The molecule has 0 saturated heterocycles. The monoisotopic (exact) mass is 1070 g/mol. The van der Waals surface area contributed by atoms with E-state index in [1.54, 1.807) is 27.3 Å². The van der Waals surface area contributed by atoms with Gasteiger partial charge in [-0.2, -0.15) is 18.2 Å². The van der Waals surface area contributed by atoms with Gasteiger partial charge in [0.2, 0.25) is 0 Å². The Balaban J connectivity index is 0.00000688. The van der Waals surface area contributed by atoms with Crippen LogP contribution in [0.15, 0.2) is 194 Å². The summed E-state index contributed by atoms with van der Waals surface area (Å²) >= 11 is 0. The second kappa shape index (κ2) is 17.7. The van der Waals surface area contributed by atoms with E-state index in [4.69, 9.17) is 23.4 Å². The van der Waals surface area contributed by atoms with Gasteiger partial charge in [-0.1, -0.05) is 204 Å². The molecule has 11 aromatic rings. The molecule has 0 bridgehead atoms. The van der Waals surface area contributed by atoms with E-state index in [-0.39, 0.29) is 59.8 Å². The summed E-state index contributed by atoms with van der Waals surface area (Å²) in [5, 5.41) is 1.99. The Kier molecular flexibility index (Phi) is 8.87. The number of ether oxygens (including phenoxy) is 1. The first kappa shape index (κ1) is 34.0. The Bertz CT molecular complexity index is 4090. The van der Waals surface area contributed by atoms with Crippen LogP contribution in [-0.2, 0) is 31.9 Å². The summed E-state index contributed by atoms with van der Waals surface area (Å²) in [5.74, 6) is 1.53. The third-order valence-electron chi connectivity index (χ3n) is 12.1. The van der Waals surface area contributed by atoms with Gasteiger partial charge in [0.15, 0.2) is 0 Å². The summed E-state index contributed by atoms with van der Waals surface area (Å²) in [6.07, 6.45) is 5.29. The van der Waals surface area contributed by atoms with E-state index in [1.165, 1.54) is 5.56 Å². The summed E-state index contributed by atoms with van der Waals surface area (Å²) in [6.45, 7) is 13.1. The number of nitrogens with zero attached hydrogens (tertiary/aromatic N) is 4. The molecule has 0 amide bonds. The number of benzene rings is 8. The molecule has 0 fully saturated rings. The normalized spacial score (nSPS) is 13.9. The van der Waals surface area contributed by atoms with Crippen molar-refractivity contribution in [3.8, 4) is 62.1 Å². The first-order valence-corrected chi connectivity index (χ1v) is 22.1. The minimum Gasteiger partial charge on any atom is -0.509 e. The van der Waals surface area contributed by atoms with Gasteiger partial charge >= 0.3 is 0 Å². The molecule has 0 spiro atoms. The molecular formula is C62H50N4OPt-2. The van der Waals surface area contributed by atoms with E-state index in [1.807, 2.05) is 66.9 Å². The molecule has 3 heterocycles. The van der Waals surface area contributed by atoms with Gasteiger partial charge in [-0.25, -0.2) is 4.98 Å². The fourth-order valence-electron chi connectivity index (χ4n) is 8.71. The van der Waals surface area contributed by atoms with Crippen molar-refractivity contribution in [2.24, 2.45) is 0 Å². The molecule has 0 saturated carbocycles. The zero-order chi connectivity index (χ0) is 54.6. The van der Waals surface area contributed by atoms with Crippen molar-refractivity contribution >= 4 is 32.8 Å². The molecular weight excluding hydrogens is 1010 g/mol. The topological polar surface area (TPSA) is 35.9 Å². The molecule has 0 radical (unpaired) electrons. The number of aromatic nitrogens is 4. The smallest absolute Gasteiger partial charge is 0.268 e. The molecule has 0 unspecified atom stereocenters. The molecule has 3 aromatic heterocycles. The Morgan fingerprint density at radius 2 is 1.21 bits per heavy atom. The van der Waals surface area contributed by atoms with Crippen LogP contribution in [0.5, 0.6) is 11.5 Å². The van der Waals surface area contributed by atoms with Crippen molar-refractivity contribution in [3.05, 3.63) is 224 Å². The molecule has 5 nitrogen and oxygen atoms in total. The minimum atomic E-state index is -0.575. The Morgan fingerprint density at radius 1 is 0.574 bits per heavy atom. The zero-order valence-corrected chi connectivity index (χ0v) is 40.5. The van der Waals surface area contributed by atoms with Gasteiger partial charge in [0.1, 0.15) is 5.82 Å². The van der Waals surface area contributed by atoms with Crippen molar-refractivity contribution in [1.29, 1.82) is 0 Å². The maximum absolute atomic E-state index is 9.09. The molecule has 0 aliphatic rings. The van der Waals surface area contributed by atoms with E-state index >= 15 is 0 Å². The van der Waals surface area contributed by atoms with Gasteiger partial charge in [0.05, 0.1) is 30.4 Å². The molecule has 8 aromatic carbocycles. The van der Waals surface area contributed by atoms with Crippen molar-refractivity contribution in [3.63, 3.8) is 0 Å². The van der Waals surface area contributed by atoms with Gasteiger partial charge in [0.25, 0.3) is 6.33 Å². The van der Waals surface area contributed by atoms with Gasteiger partial charge in [-0.15, -0.1) is 23.6 Å². The number of imidazole rings is 1. The van der Waals surface area contributed by atoms with Crippen molar-refractivity contribution in [2.75, 3.05) is 0 Å². The van der Waals surface area contributed by atoms with E-state index in [9.17, 15) is 0 Å². The number of pyridine rings is 1. The number of rotatable bonds is 8. The molecule has 0 N–H and O–H groups in total. The summed E-state index contributed by atoms with van der Waals surface area (Å²) in [7, 11) is 0. The molecule has 0 aliphatic heterocycles. The summed E-state index contributed by atoms with van der Waals surface area (Å²) < 4.78 is 100. The van der Waals surface area contributed by atoms with Crippen molar-refractivity contribution in [2.45, 2.75) is 52.4 Å². The van der Waals surface area contributed by atoms with Crippen LogP contribution in [0.2, 0.25) is 0 Å². The van der Waals surface area contributed by atoms with Gasteiger partial charge < -0.3 is 13.9 Å². The van der Waals surface area contributed by atoms with Crippen LogP contribution in [0, 0.1) is 18.5 Å². The average molecular weight is 1070 g/mol. The fraction of sp³-hybridized carbons (Fsp3) is 0.129. The largest absolute Gasteiger partial charge is 0.509 e. The molecule has 6 heteroatoms. The summed E-state index contributed by atoms with van der Waals surface area (Å²) in [6, 6.07) is 42.6. The van der Waals surface area contributed by atoms with Crippen LogP contribution in [0.1, 0.15) is 66.4 Å². The van der Waals surface area contributed by atoms with Gasteiger partial charge in [-0.05, 0) is 73.5 Å².